The van der Waals surface area contributed by atoms with Crippen molar-refractivity contribution < 1.29 is 14.0 Å². The molecule has 0 aromatic carbocycles. The molecule has 0 radical (unpaired) electrons. The first-order chi connectivity index (χ1) is 12.1. The molecule has 0 spiro atoms. The number of hydrogen-bond acceptors (Lipinski definition) is 5. The molecule has 3 aromatic rings. The third-order valence-electron chi connectivity index (χ3n) is 4.32. The van der Waals surface area contributed by atoms with E-state index in [1.54, 1.807) is 18.2 Å². The van der Waals surface area contributed by atoms with Crippen LogP contribution in [-0.2, 0) is 0 Å². The number of primary amides is 1. The van der Waals surface area contributed by atoms with Crippen LogP contribution in [-0.4, -0.2) is 43.7 Å². The number of amides is 2. The molecule has 2 amide bonds. The highest BCUT2D eigenvalue weighted by Gasteiger charge is 2.33. The molecule has 3 heterocycles. The third-order valence-corrected chi connectivity index (χ3v) is 4.32. The molecule has 3 aromatic heterocycles. The molecule has 1 fully saturated rings. The van der Waals surface area contributed by atoms with Crippen LogP contribution in [0.5, 0.6) is 0 Å². The number of nitrogens with two attached hydrogens (primary N) is 1. The number of carbonyl (C=O) groups is 2. The second kappa shape index (κ2) is 5.73. The van der Waals surface area contributed by atoms with Crippen molar-refractivity contribution >= 4 is 17.5 Å². The lowest BCUT2D eigenvalue weighted by Gasteiger charge is -2.21. The maximum atomic E-state index is 13.1. The quantitative estimate of drug-likeness (QED) is 0.761. The molecule has 128 valence electrons. The molecule has 0 bridgehead atoms. The number of nitrogens with zero attached hydrogens (tertiary/aromatic N) is 4. The Bertz CT molecular complexity index is 956. The Morgan fingerprint density at radius 3 is 2.84 bits per heavy atom. The minimum atomic E-state index is -0.695. The summed E-state index contributed by atoms with van der Waals surface area (Å²) in [6, 6.07) is 5.40. The van der Waals surface area contributed by atoms with Gasteiger partial charge in [0.25, 0.3) is 11.8 Å². The molecule has 0 saturated heterocycles. The smallest absolute Gasteiger partial charge is 0.271 e. The molecular formula is C17H17N5O3. The Morgan fingerprint density at radius 1 is 1.44 bits per heavy atom. The van der Waals surface area contributed by atoms with Gasteiger partial charge in [-0.3, -0.25) is 14.0 Å². The highest BCUT2D eigenvalue weighted by Crippen LogP contribution is 2.29. The van der Waals surface area contributed by atoms with E-state index in [1.807, 2.05) is 11.8 Å². The van der Waals surface area contributed by atoms with E-state index in [2.05, 4.69) is 9.97 Å². The van der Waals surface area contributed by atoms with Crippen molar-refractivity contribution in [2.75, 3.05) is 6.54 Å². The van der Waals surface area contributed by atoms with Crippen LogP contribution in [0.1, 0.15) is 40.7 Å². The fourth-order valence-corrected chi connectivity index (χ4v) is 2.96. The van der Waals surface area contributed by atoms with E-state index in [9.17, 15) is 9.59 Å². The number of carbonyl (C=O) groups excluding carboxylic acids is 2. The van der Waals surface area contributed by atoms with Crippen LogP contribution in [0.3, 0.4) is 0 Å². The summed E-state index contributed by atoms with van der Waals surface area (Å²) in [5.74, 6) is -0.319. The van der Waals surface area contributed by atoms with Gasteiger partial charge in [-0.15, -0.1) is 0 Å². The molecule has 1 saturated carbocycles. The standard InChI is InChI=1S/C17H17N5O3/c1-2-21(10-5-6-10)17(24)12-8-11(13-4-3-7-25-13)20-16-14(15(18)23)19-9-22(12)16/h3-4,7-10H,2,5-6H2,1H3,(H2,18,23). The van der Waals surface area contributed by atoms with Gasteiger partial charge in [0.2, 0.25) is 0 Å². The van der Waals surface area contributed by atoms with Gasteiger partial charge in [0, 0.05) is 12.6 Å². The number of rotatable bonds is 5. The molecule has 1 aliphatic rings. The molecule has 2 N–H and O–H groups in total. The first-order valence-corrected chi connectivity index (χ1v) is 8.13. The van der Waals surface area contributed by atoms with E-state index in [0.29, 0.717) is 23.7 Å². The van der Waals surface area contributed by atoms with Gasteiger partial charge in [-0.1, -0.05) is 0 Å². The minimum absolute atomic E-state index is 0.0249. The highest BCUT2D eigenvalue weighted by atomic mass is 16.3. The van der Waals surface area contributed by atoms with Gasteiger partial charge in [0.15, 0.2) is 17.1 Å². The number of fused-ring (bicyclic) bond motifs is 1. The zero-order chi connectivity index (χ0) is 17.6. The van der Waals surface area contributed by atoms with Gasteiger partial charge in [-0.05, 0) is 38.0 Å². The summed E-state index contributed by atoms with van der Waals surface area (Å²) < 4.78 is 6.91. The average molecular weight is 339 g/mol. The van der Waals surface area contributed by atoms with Crippen LogP contribution in [0.2, 0.25) is 0 Å². The van der Waals surface area contributed by atoms with Gasteiger partial charge in [-0.2, -0.15) is 0 Å². The zero-order valence-corrected chi connectivity index (χ0v) is 13.7. The van der Waals surface area contributed by atoms with Crippen molar-refractivity contribution in [3.05, 3.63) is 42.2 Å². The zero-order valence-electron chi connectivity index (χ0n) is 13.7. The maximum Gasteiger partial charge on any atom is 0.271 e. The summed E-state index contributed by atoms with van der Waals surface area (Å²) >= 11 is 0. The van der Waals surface area contributed by atoms with Crippen LogP contribution in [0.15, 0.2) is 35.2 Å². The van der Waals surface area contributed by atoms with E-state index in [0.717, 1.165) is 12.8 Å². The van der Waals surface area contributed by atoms with Crippen LogP contribution in [0.25, 0.3) is 17.1 Å². The summed E-state index contributed by atoms with van der Waals surface area (Å²) in [6.07, 6.45) is 4.95. The van der Waals surface area contributed by atoms with Crippen molar-refractivity contribution in [1.29, 1.82) is 0 Å². The summed E-state index contributed by atoms with van der Waals surface area (Å²) in [6.45, 7) is 2.56. The van der Waals surface area contributed by atoms with Gasteiger partial charge in [-0.25, -0.2) is 9.97 Å². The Balaban J connectivity index is 1.92. The lowest BCUT2D eigenvalue weighted by Crippen LogP contribution is -2.34. The molecule has 0 aliphatic heterocycles. The molecule has 8 heteroatoms. The summed E-state index contributed by atoms with van der Waals surface area (Å²) in [5, 5.41) is 0. The number of hydrogen-bond donors (Lipinski definition) is 1. The molecule has 0 atom stereocenters. The first kappa shape index (κ1) is 15.4. The predicted octanol–water partition coefficient (Wildman–Crippen LogP) is 1.71. The van der Waals surface area contributed by atoms with Crippen molar-refractivity contribution in [2.45, 2.75) is 25.8 Å². The van der Waals surface area contributed by atoms with Gasteiger partial charge in [0.1, 0.15) is 17.7 Å². The Morgan fingerprint density at radius 2 is 2.24 bits per heavy atom. The Labute approximate surface area is 143 Å². The largest absolute Gasteiger partial charge is 0.463 e. The number of imidazole rings is 1. The molecule has 8 nitrogen and oxygen atoms in total. The number of aromatic nitrogens is 3. The second-order valence-corrected chi connectivity index (χ2v) is 5.98. The fourth-order valence-electron chi connectivity index (χ4n) is 2.96. The molecule has 25 heavy (non-hydrogen) atoms. The lowest BCUT2D eigenvalue weighted by atomic mass is 10.2. The molecule has 0 unspecified atom stereocenters. The molecule has 1 aliphatic carbocycles. The SMILES string of the molecule is CCN(C(=O)c1cc(-c2ccco2)nc2c(C(N)=O)ncn12)C1CC1. The van der Waals surface area contributed by atoms with E-state index in [1.165, 1.54) is 17.0 Å². The minimum Gasteiger partial charge on any atom is -0.463 e. The van der Waals surface area contributed by atoms with Crippen molar-refractivity contribution in [3.63, 3.8) is 0 Å². The van der Waals surface area contributed by atoms with Crippen molar-refractivity contribution in [3.8, 4) is 11.5 Å². The second-order valence-electron chi connectivity index (χ2n) is 5.98. The normalized spacial score (nSPS) is 14.0. The third kappa shape index (κ3) is 2.55. The van der Waals surface area contributed by atoms with Gasteiger partial charge in [0.05, 0.1) is 6.26 Å². The highest BCUT2D eigenvalue weighted by molar-refractivity contribution is 5.99. The predicted molar refractivity (Wildman–Crippen MR) is 88.9 cm³/mol. The van der Waals surface area contributed by atoms with E-state index in [4.69, 9.17) is 10.2 Å². The average Bonchev–Trinajstić information content (AvgIpc) is 3.13. The van der Waals surface area contributed by atoms with Crippen LogP contribution in [0, 0.1) is 0 Å². The summed E-state index contributed by atoms with van der Waals surface area (Å²) in [7, 11) is 0. The fraction of sp³-hybridized carbons (Fsp3) is 0.294. The van der Waals surface area contributed by atoms with Crippen LogP contribution < -0.4 is 5.73 Å². The summed E-state index contributed by atoms with van der Waals surface area (Å²) in [4.78, 5) is 35.0. The Hall–Kier alpha value is -3.16. The van der Waals surface area contributed by atoms with Gasteiger partial charge >= 0.3 is 0 Å². The molecule has 4 rings (SSSR count). The van der Waals surface area contributed by atoms with E-state index in [-0.39, 0.29) is 23.3 Å². The molecular weight excluding hydrogens is 322 g/mol. The Kier molecular flexibility index (Phi) is 3.52. The van der Waals surface area contributed by atoms with Gasteiger partial charge < -0.3 is 15.1 Å². The topological polar surface area (TPSA) is 107 Å². The monoisotopic (exact) mass is 339 g/mol. The summed E-state index contributed by atoms with van der Waals surface area (Å²) in [5.41, 5.74) is 6.50. The first-order valence-electron chi connectivity index (χ1n) is 8.13. The van der Waals surface area contributed by atoms with Crippen LogP contribution >= 0.6 is 0 Å². The number of furan rings is 1. The maximum absolute atomic E-state index is 13.1. The lowest BCUT2D eigenvalue weighted by molar-refractivity contribution is 0.0744. The van der Waals surface area contributed by atoms with E-state index >= 15 is 0 Å². The van der Waals surface area contributed by atoms with E-state index < -0.39 is 5.91 Å². The van der Waals surface area contributed by atoms with Crippen LogP contribution in [0.4, 0.5) is 0 Å². The van der Waals surface area contributed by atoms with Crippen molar-refractivity contribution in [1.82, 2.24) is 19.3 Å². The van der Waals surface area contributed by atoms with Crippen molar-refractivity contribution in [2.24, 2.45) is 5.73 Å².